The Hall–Kier alpha value is -3.38. The molecule has 3 N–H and O–H groups in total. The molecular formula is C24H25FN2O3. The van der Waals surface area contributed by atoms with Crippen LogP contribution in [0.4, 0.5) is 4.39 Å². The highest BCUT2D eigenvalue weighted by molar-refractivity contribution is 5.95. The molecule has 0 fully saturated rings. The highest BCUT2D eigenvalue weighted by Crippen LogP contribution is 2.33. The first-order chi connectivity index (χ1) is 14.5. The normalized spacial score (nSPS) is 11.6. The van der Waals surface area contributed by atoms with Crippen LogP contribution in [0.2, 0.25) is 0 Å². The molecular weight excluding hydrogens is 383 g/mol. The van der Waals surface area contributed by atoms with Gasteiger partial charge in [-0.2, -0.15) is 0 Å². The number of nitrogens with one attached hydrogen (secondary N) is 1. The summed E-state index contributed by atoms with van der Waals surface area (Å²) in [6.45, 7) is 2.20. The van der Waals surface area contributed by atoms with Crippen molar-refractivity contribution in [2.24, 2.45) is 5.73 Å². The minimum Gasteiger partial charge on any atom is -0.493 e. The van der Waals surface area contributed by atoms with Crippen molar-refractivity contribution in [2.45, 2.75) is 25.9 Å². The first kappa shape index (κ1) is 21.3. The zero-order valence-corrected chi connectivity index (χ0v) is 17.0. The van der Waals surface area contributed by atoms with Gasteiger partial charge in [0.05, 0.1) is 13.2 Å². The van der Waals surface area contributed by atoms with E-state index in [0.29, 0.717) is 22.6 Å². The molecule has 0 aliphatic rings. The standard InChI is InChI=1S/C24H25FN2O3/c1-3-21(17-7-5-4-6-8-17)27-24(28)18-9-10-22(29-2)23(13-18)30-20-12-16(15-26)11-19(25)14-20/h4-14,21H,3,15,26H2,1-2H3,(H,27,28)/t21-/m0/s1. The molecule has 0 aliphatic heterocycles. The van der Waals surface area contributed by atoms with Gasteiger partial charge in [-0.05, 0) is 47.9 Å². The topological polar surface area (TPSA) is 73.6 Å². The van der Waals surface area contributed by atoms with Crippen LogP contribution in [0.25, 0.3) is 0 Å². The van der Waals surface area contributed by atoms with Crippen LogP contribution in [-0.2, 0) is 6.54 Å². The monoisotopic (exact) mass is 408 g/mol. The van der Waals surface area contributed by atoms with E-state index in [0.717, 1.165) is 12.0 Å². The maximum Gasteiger partial charge on any atom is 0.251 e. The molecule has 0 unspecified atom stereocenters. The number of nitrogens with two attached hydrogens (primary N) is 1. The number of methoxy groups -OCH3 is 1. The van der Waals surface area contributed by atoms with Gasteiger partial charge in [-0.25, -0.2) is 4.39 Å². The zero-order valence-electron chi connectivity index (χ0n) is 17.0. The smallest absolute Gasteiger partial charge is 0.251 e. The van der Waals surface area contributed by atoms with Crippen LogP contribution in [-0.4, -0.2) is 13.0 Å². The third kappa shape index (κ3) is 5.15. The quantitative estimate of drug-likeness (QED) is 0.552. The van der Waals surface area contributed by atoms with Crippen molar-refractivity contribution in [2.75, 3.05) is 7.11 Å². The number of hydrogen-bond donors (Lipinski definition) is 2. The van der Waals surface area contributed by atoms with Crippen LogP contribution in [0, 0.1) is 5.82 Å². The third-order valence-electron chi connectivity index (χ3n) is 4.74. The Labute approximate surface area is 175 Å². The molecule has 0 saturated heterocycles. The van der Waals surface area contributed by atoms with Gasteiger partial charge < -0.3 is 20.5 Å². The number of carbonyl (C=O) groups is 1. The van der Waals surface area contributed by atoms with Crippen LogP contribution in [0.3, 0.4) is 0 Å². The van der Waals surface area contributed by atoms with Gasteiger partial charge in [0.1, 0.15) is 11.6 Å². The highest BCUT2D eigenvalue weighted by Gasteiger charge is 2.17. The van der Waals surface area contributed by atoms with E-state index in [1.54, 1.807) is 24.3 Å². The Morgan fingerprint density at radius 2 is 1.83 bits per heavy atom. The molecule has 0 aliphatic carbocycles. The van der Waals surface area contributed by atoms with E-state index in [4.69, 9.17) is 15.2 Å². The van der Waals surface area contributed by atoms with Gasteiger partial charge in [0, 0.05) is 18.2 Å². The lowest BCUT2D eigenvalue weighted by Crippen LogP contribution is -2.28. The highest BCUT2D eigenvalue weighted by atomic mass is 19.1. The molecule has 3 aromatic carbocycles. The molecule has 0 saturated carbocycles. The van der Waals surface area contributed by atoms with Crippen molar-refractivity contribution < 1.29 is 18.7 Å². The Morgan fingerprint density at radius 1 is 1.07 bits per heavy atom. The van der Waals surface area contributed by atoms with Gasteiger partial charge in [-0.3, -0.25) is 4.79 Å². The SMILES string of the molecule is CC[C@H](NC(=O)c1ccc(OC)c(Oc2cc(F)cc(CN)c2)c1)c1ccccc1. The summed E-state index contributed by atoms with van der Waals surface area (Å²) in [6.07, 6.45) is 0.750. The summed E-state index contributed by atoms with van der Waals surface area (Å²) in [5.41, 5.74) is 7.66. The van der Waals surface area contributed by atoms with E-state index in [2.05, 4.69) is 5.32 Å². The fourth-order valence-corrected chi connectivity index (χ4v) is 3.17. The van der Waals surface area contributed by atoms with Crippen molar-refractivity contribution in [1.29, 1.82) is 0 Å². The zero-order chi connectivity index (χ0) is 21.5. The summed E-state index contributed by atoms with van der Waals surface area (Å²) in [7, 11) is 1.50. The summed E-state index contributed by atoms with van der Waals surface area (Å²) in [5.74, 6) is 0.336. The average molecular weight is 408 g/mol. The van der Waals surface area contributed by atoms with Crippen LogP contribution in [0.5, 0.6) is 17.2 Å². The molecule has 5 nitrogen and oxygen atoms in total. The number of halogens is 1. The molecule has 0 radical (unpaired) electrons. The molecule has 0 heterocycles. The summed E-state index contributed by atoms with van der Waals surface area (Å²) in [6, 6.07) is 18.8. The second-order valence-corrected chi connectivity index (χ2v) is 6.81. The lowest BCUT2D eigenvalue weighted by molar-refractivity contribution is 0.0935. The summed E-state index contributed by atoms with van der Waals surface area (Å²) >= 11 is 0. The minimum absolute atomic E-state index is 0.111. The van der Waals surface area contributed by atoms with E-state index in [9.17, 15) is 9.18 Å². The molecule has 1 atom stereocenters. The maximum absolute atomic E-state index is 13.8. The maximum atomic E-state index is 13.8. The van der Waals surface area contributed by atoms with E-state index in [1.165, 1.54) is 19.2 Å². The average Bonchev–Trinajstić information content (AvgIpc) is 2.77. The summed E-state index contributed by atoms with van der Waals surface area (Å²) < 4.78 is 25.0. The van der Waals surface area contributed by atoms with Crippen LogP contribution < -0.4 is 20.5 Å². The van der Waals surface area contributed by atoms with Gasteiger partial charge in [0.25, 0.3) is 5.91 Å². The molecule has 0 bridgehead atoms. The van der Waals surface area contributed by atoms with Gasteiger partial charge >= 0.3 is 0 Å². The van der Waals surface area contributed by atoms with Crippen LogP contribution in [0.15, 0.2) is 66.7 Å². The first-order valence-corrected chi connectivity index (χ1v) is 9.75. The predicted molar refractivity (Wildman–Crippen MR) is 114 cm³/mol. The van der Waals surface area contributed by atoms with Crippen molar-refractivity contribution in [1.82, 2.24) is 5.32 Å². The van der Waals surface area contributed by atoms with Crippen LogP contribution >= 0.6 is 0 Å². The molecule has 30 heavy (non-hydrogen) atoms. The lowest BCUT2D eigenvalue weighted by Gasteiger charge is -2.18. The fraction of sp³-hybridized carbons (Fsp3) is 0.208. The summed E-state index contributed by atoms with van der Waals surface area (Å²) in [4.78, 5) is 12.9. The first-order valence-electron chi connectivity index (χ1n) is 9.75. The van der Waals surface area contributed by atoms with E-state index in [1.807, 2.05) is 37.3 Å². The summed E-state index contributed by atoms with van der Waals surface area (Å²) in [5, 5.41) is 3.04. The van der Waals surface area contributed by atoms with Gasteiger partial charge in [-0.15, -0.1) is 0 Å². The molecule has 0 spiro atoms. The molecule has 3 aromatic rings. The van der Waals surface area contributed by atoms with Crippen molar-refractivity contribution >= 4 is 5.91 Å². The minimum atomic E-state index is -0.450. The van der Waals surface area contributed by atoms with Crippen molar-refractivity contribution in [3.8, 4) is 17.2 Å². The Balaban J connectivity index is 1.85. The molecule has 1 amide bonds. The number of amides is 1. The molecule has 6 heteroatoms. The number of rotatable bonds is 8. The Morgan fingerprint density at radius 3 is 2.50 bits per heavy atom. The molecule has 3 rings (SSSR count). The Kier molecular flexibility index (Phi) is 7.03. The molecule has 0 aromatic heterocycles. The second-order valence-electron chi connectivity index (χ2n) is 6.81. The lowest BCUT2D eigenvalue weighted by atomic mass is 10.0. The van der Waals surface area contributed by atoms with Crippen LogP contribution in [0.1, 0.15) is 40.9 Å². The van der Waals surface area contributed by atoms with E-state index in [-0.39, 0.29) is 24.2 Å². The van der Waals surface area contributed by atoms with E-state index < -0.39 is 5.82 Å². The molecule has 156 valence electrons. The third-order valence-corrected chi connectivity index (χ3v) is 4.74. The van der Waals surface area contributed by atoms with Gasteiger partial charge in [0.2, 0.25) is 0 Å². The predicted octanol–water partition coefficient (Wildman–Crippen LogP) is 4.97. The fourth-order valence-electron chi connectivity index (χ4n) is 3.17. The van der Waals surface area contributed by atoms with Gasteiger partial charge in [-0.1, -0.05) is 37.3 Å². The number of ether oxygens (including phenoxy) is 2. The van der Waals surface area contributed by atoms with Gasteiger partial charge in [0.15, 0.2) is 11.5 Å². The largest absolute Gasteiger partial charge is 0.493 e. The number of hydrogen-bond acceptors (Lipinski definition) is 4. The second kappa shape index (κ2) is 9.89. The number of benzene rings is 3. The van der Waals surface area contributed by atoms with E-state index >= 15 is 0 Å². The van der Waals surface area contributed by atoms with Crippen molar-refractivity contribution in [3.63, 3.8) is 0 Å². The Bertz CT molecular complexity index is 1010. The van der Waals surface area contributed by atoms with Crippen molar-refractivity contribution in [3.05, 3.63) is 89.2 Å². The number of carbonyl (C=O) groups excluding carboxylic acids is 1.